The number of rotatable bonds is 3. The second kappa shape index (κ2) is 4.76. The number of halogens is 3. The van der Waals surface area contributed by atoms with Gasteiger partial charge in [0.2, 0.25) is 0 Å². The molecule has 0 fully saturated rings. The van der Waals surface area contributed by atoms with Crippen LogP contribution in [0, 0.1) is 5.82 Å². The predicted molar refractivity (Wildman–Crippen MR) is 55.6 cm³/mol. The number of carbonyl (C=O) groups excluding carboxylic acids is 1. The topological polar surface area (TPSA) is 17.1 Å². The molecule has 0 heterocycles. The monoisotopic (exact) mass is 234 g/mol. The molecular weight excluding hydrogens is 226 g/mol. The van der Waals surface area contributed by atoms with Crippen molar-refractivity contribution in [1.82, 2.24) is 0 Å². The van der Waals surface area contributed by atoms with E-state index in [1.165, 1.54) is 18.2 Å². The summed E-state index contributed by atoms with van der Waals surface area (Å²) in [6, 6.07) is 3.89. The molecule has 1 aromatic carbocycles. The van der Waals surface area contributed by atoms with Crippen molar-refractivity contribution in [1.29, 1.82) is 0 Å². The summed E-state index contributed by atoms with van der Waals surface area (Å²) < 4.78 is 12.8. The predicted octanol–water partition coefficient (Wildman–Crippen LogP) is 3.37. The smallest absolute Gasteiger partial charge is 0.180 e. The van der Waals surface area contributed by atoms with Gasteiger partial charge in [-0.3, -0.25) is 4.79 Å². The third-order valence-corrected chi connectivity index (χ3v) is 2.32. The molecule has 76 valence electrons. The van der Waals surface area contributed by atoms with Gasteiger partial charge in [0.25, 0.3) is 0 Å². The van der Waals surface area contributed by atoms with Crippen LogP contribution in [0.15, 0.2) is 18.2 Å². The van der Waals surface area contributed by atoms with Crippen LogP contribution in [-0.2, 0) is 5.88 Å². The Morgan fingerprint density at radius 2 is 2.21 bits per heavy atom. The Morgan fingerprint density at radius 1 is 1.57 bits per heavy atom. The SMILES string of the molecule is CC(Cl)C(=O)c1ccc(F)cc1CCl. The highest BCUT2D eigenvalue weighted by atomic mass is 35.5. The van der Waals surface area contributed by atoms with Crippen molar-refractivity contribution in [2.75, 3.05) is 0 Å². The number of ketones is 1. The van der Waals surface area contributed by atoms with E-state index < -0.39 is 11.2 Å². The van der Waals surface area contributed by atoms with Crippen LogP contribution in [0.5, 0.6) is 0 Å². The summed E-state index contributed by atoms with van der Waals surface area (Å²) in [6.07, 6.45) is 0. The molecule has 1 rings (SSSR count). The molecule has 0 N–H and O–H groups in total. The lowest BCUT2D eigenvalue weighted by Gasteiger charge is -2.07. The first-order valence-electron chi connectivity index (χ1n) is 4.09. The number of benzene rings is 1. The molecule has 0 aliphatic carbocycles. The first-order valence-corrected chi connectivity index (χ1v) is 5.06. The molecule has 1 atom stereocenters. The molecule has 0 aliphatic rings. The van der Waals surface area contributed by atoms with Crippen LogP contribution in [0.4, 0.5) is 4.39 Å². The zero-order valence-corrected chi connectivity index (χ0v) is 9.07. The van der Waals surface area contributed by atoms with Gasteiger partial charge in [-0.15, -0.1) is 23.2 Å². The third kappa shape index (κ3) is 2.46. The normalized spacial score (nSPS) is 12.6. The van der Waals surface area contributed by atoms with Crippen molar-refractivity contribution in [3.8, 4) is 0 Å². The number of alkyl halides is 2. The summed E-state index contributed by atoms with van der Waals surface area (Å²) in [5.41, 5.74) is 0.869. The highest BCUT2D eigenvalue weighted by Crippen LogP contribution is 2.17. The number of Topliss-reactive ketones (excluding diaryl/α,β-unsaturated/α-hetero) is 1. The maximum atomic E-state index is 12.8. The second-order valence-corrected chi connectivity index (χ2v) is 3.84. The first kappa shape index (κ1) is 11.5. The summed E-state index contributed by atoms with van der Waals surface area (Å²) in [5, 5.41) is -0.623. The van der Waals surface area contributed by atoms with E-state index in [9.17, 15) is 9.18 Å². The van der Waals surface area contributed by atoms with Gasteiger partial charge in [0.05, 0.1) is 5.38 Å². The van der Waals surface area contributed by atoms with Crippen LogP contribution < -0.4 is 0 Å². The summed E-state index contributed by atoms with van der Waals surface area (Å²) in [5.74, 6) is -0.538. The third-order valence-electron chi connectivity index (χ3n) is 1.84. The molecule has 0 bridgehead atoms. The number of carbonyl (C=O) groups is 1. The van der Waals surface area contributed by atoms with E-state index >= 15 is 0 Å². The van der Waals surface area contributed by atoms with Gasteiger partial charge in [0, 0.05) is 11.4 Å². The highest BCUT2D eigenvalue weighted by Gasteiger charge is 2.16. The fourth-order valence-corrected chi connectivity index (χ4v) is 1.47. The van der Waals surface area contributed by atoms with E-state index in [1.807, 2.05) is 0 Å². The summed E-state index contributed by atoms with van der Waals surface area (Å²) in [6.45, 7) is 1.57. The summed E-state index contributed by atoms with van der Waals surface area (Å²) in [7, 11) is 0. The van der Waals surface area contributed by atoms with Gasteiger partial charge in [-0.25, -0.2) is 4.39 Å². The maximum absolute atomic E-state index is 12.8. The molecule has 1 unspecified atom stereocenters. The van der Waals surface area contributed by atoms with Crippen molar-refractivity contribution >= 4 is 29.0 Å². The van der Waals surface area contributed by atoms with Crippen molar-refractivity contribution in [2.45, 2.75) is 18.2 Å². The van der Waals surface area contributed by atoms with Gasteiger partial charge in [-0.2, -0.15) is 0 Å². The molecular formula is C10H9Cl2FO. The van der Waals surface area contributed by atoms with Crippen LogP contribution in [-0.4, -0.2) is 11.2 Å². The van der Waals surface area contributed by atoms with Crippen LogP contribution in [0.1, 0.15) is 22.8 Å². The molecule has 0 amide bonds. The van der Waals surface area contributed by atoms with E-state index in [1.54, 1.807) is 6.92 Å². The standard InChI is InChI=1S/C10H9Cl2FO/c1-6(12)10(14)9-3-2-8(13)4-7(9)5-11/h2-4,6H,5H2,1H3. The van der Waals surface area contributed by atoms with Crippen molar-refractivity contribution in [2.24, 2.45) is 0 Å². The molecule has 0 spiro atoms. The quantitative estimate of drug-likeness (QED) is 0.579. The Labute approximate surface area is 91.8 Å². The van der Waals surface area contributed by atoms with Crippen LogP contribution >= 0.6 is 23.2 Å². The van der Waals surface area contributed by atoms with Crippen LogP contribution in [0.3, 0.4) is 0 Å². The van der Waals surface area contributed by atoms with Crippen molar-refractivity contribution in [3.05, 3.63) is 35.1 Å². The Balaban J connectivity index is 3.14. The van der Waals surface area contributed by atoms with Gasteiger partial charge >= 0.3 is 0 Å². The molecule has 1 nitrogen and oxygen atoms in total. The number of hydrogen-bond donors (Lipinski definition) is 0. The minimum absolute atomic E-state index is 0.0996. The fourth-order valence-electron chi connectivity index (χ4n) is 1.13. The van der Waals surface area contributed by atoms with Gasteiger partial charge < -0.3 is 0 Å². The zero-order chi connectivity index (χ0) is 10.7. The van der Waals surface area contributed by atoms with E-state index in [0.29, 0.717) is 11.1 Å². The van der Waals surface area contributed by atoms with Gasteiger partial charge in [-0.05, 0) is 30.7 Å². The molecule has 0 aromatic heterocycles. The Hall–Kier alpha value is -0.600. The Kier molecular flexibility index (Phi) is 3.90. The highest BCUT2D eigenvalue weighted by molar-refractivity contribution is 6.34. The molecule has 1 aromatic rings. The van der Waals surface area contributed by atoms with E-state index in [0.717, 1.165) is 0 Å². The fraction of sp³-hybridized carbons (Fsp3) is 0.300. The molecule has 0 saturated carbocycles. The molecule has 0 aliphatic heterocycles. The lowest BCUT2D eigenvalue weighted by molar-refractivity contribution is 0.0991. The van der Waals surface area contributed by atoms with Gasteiger partial charge in [-0.1, -0.05) is 0 Å². The largest absolute Gasteiger partial charge is 0.293 e. The minimum atomic E-state index is -0.623. The minimum Gasteiger partial charge on any atom is -0.293 e. The van der Waals surface area contributed by atoms with Crippen LogP contribution in [0.2, 0.25) is 0 Å². The van der Waals surface area contributed by atoms with Gasteiger partial charge in [0.1, 0.15) is 5.82 Å². The van der Waals surface area contributed by atoms with E-state index in [-0.39, 0.29) is 11.7 Å². The van der Waals surface area contributed by atoms with Crippen molar-refractivity contribution < 1.29 is 9.18 Å². The lowest BCUT2D eigenvalue weighted by atomic mass is 10.0. The maximum Gasteiger partial charge on any atom is 0.180 e. The Bertz CT molecular complexity index is 350. The molecule has 0 saturated heterocycles. The zero-order valence-electron chi connectivity index (χ0n) is 7.56. The summed E-state index contributed by atoms with van der Waals surface area (Å²) >= 11 is 11.2. The van der Waals surface area contributed by atoms with Gasteiger partial charge in [0.15, 0.2) is 5.78 Å². The Morgan fingerprint density at radius 3 is 2.71 bits per heavy atom. The first-order chi connectivity index (χ1) is 6.56. The summed E-state index contributed by atoms with van der Waals surface area (Å²) in [4.78, 5) is 11.5. The van der Waals surface area contributed by atoms with Crippen LogP contribution in [0.25, 0.3) is 0 Å². The average molecular weight is 235 g/mol. The second-order valence-electron chi connectivity index (χ2n) is 2.92. The lowest BCUT2D eigenvalue weighted by Crippen LogP contribution is -2.12. The molecule has 4 heteroatoms. The molecule has 0 radical (unpaired) electrons. The van der Waals surface area contributed by atoms with E-state index in [2.05, 4.69) is 0 Å². The molecule has 14 heavy (non-hydrogen) atoms. The number of hydrogen-bond acceptors (Lipinski definition) is 1. The van der Waals surface area contributed by atoms with E-state index in [4.69, 9.17) is 23.2 Å². The van der Waals surface area contributed by atoms with Crippen molar-refractivity contribution in [3.63, 3.8) is 0 Å². The average Bonchev–Trinajstić information content (AvgIpc) is 2.16.